The number of carbonyl (C=O) groups is 2. The number of ketones is 1. The van der Waals surface area contributed by atoms with E-state index in [2.05, 4.69) is 15.2 Å². The number of hydrogen-bond acceptors (Lipinski definition) is 10. The maximum Gasteiger partial charge on any atom is 0.351 e. The first-order valence-corrected chi connectivity index (χ1v) is 14.8. The smallest absolute Gasteiger partial charge is 0.351 e. The molecule has 42 heavy (non-hydrogen) atoms. The van der Waals surface area contributed by atoms with Crippen molar-refractivity contribution in [1.82, 2.24) is 19.7 Å². The van der Waals surface area contributed by atoms with E-state index in [9.17, 15) is 32.8 Å². The summed E-state index contributed by atoms with van der Waals surface area (Å²) in [5.41, 5.74) is 0.158. The largest absolute Gasteiger partial charge is 0.462 e. The summed E-state index contributed by atoms with van der Waals surface area (Å²) in [5, 5.41) is 14.9. The van der Waals surface area contributed by atoms with E-state index in [0.717, 1.165) is 12.3 Å². The summed E-state index contributed by atoms with van der Waals surface area (Å²) < 4.78 is 88.8. The van der Waals surface area contributed by atoms with Crippen LogP contribution < -0.4 is 21.6 Å². The van der Waals surface area contributed by atoms with Crippen molar-refractivity contribution in [2.45, 2.75) is 103 Å². The average Bonchev–Trinajstić information content (AvgIpc) is 3.06. The SMILES string of the molecule is CC(C)CCC(=O)[C@H](C)NP(=O)(N[C@@H](C)C(=O)OC(C)C)OC[C@@]1(C(F)F)O[C@@H](n2ccc(N)nc2=O)[C@H](O)C1(F)F. The number of anilines is 1. The molecule has 2 heterocycles. The Hall–Kier alpha value is -2.43. The first-order valence-electron chi connectivity index (χ1n) is 13.2. The van der Waals surface area contributed by atoms with E-state index in [1.165, 1.54) is 27.7 Å². The maximum atomic E-state index is 15.4. The molecule has 13 nitrogen and oxygen atoms in total. The van der Waals surface area contributed by atoms with Crippen LogP contribution in [-0.4, -0.2) is 75.3 Å². The number of ether oxygens (including phenoxy) is 2. The Kier molecular flexibility index (Phi) is 11.8. The van der Waals surface area contributed by atoms with Crippen molar-refractivity contribution in [3.63, 3.8) is 0 Å². The van der Waals surface area contributed by atoms with Crippen LogP contribution in [0.4, 0.5) is 23.4 Å². The van der Waals surface area contributed by atoms with E-state index in [1.807, 2.05) is 13.8 Å². The standard InChI is InChI=1S/C24H38F4N5O8P/c1-12(2)7-8-16(34)14(5)31-42(38,32-15(6)20(36)40-13(3)4)39-11-23(21(25)26)24(27,28)18(35)19(41-23)33-10-9-17(29)30-22(33)37/h9-10,12-15,18-19,21,35H,7-8,11H2,1-6H3,(H2,29,30,37)(H2,31,32,38)/t14-,15-,18-,19+,23-,42?/m0/s1. The number of carbonyl (C=O) groups excluding carboxylic acids is 2. The molecule has 0 amide bonds. The molecule has 1 fully saturated rings. The van der Waals surface area contributed by atoms with Crippen LogP contribution in [0, 0.1) is 5.92 Å². The summed E-state index contributed by atoms with van der Waals surface area (Å²) in [4.78, 5) is 40.5. The molecular formula is C24H38F4N5O8P. The zero-order valence-corrected chi connectivity index (χ0v) is 24.9. The molecule has 1 saturated heterocycles. The Morgan fingerprint density at radius 3 is 2.31 bits per heavy atom. The van der Waals surface area contributed by atoms with Gasteiger partial charge in [-0.2, -0.15) is 13.8 Å². The van der Waals surface area contributed by atoms with E-state index in [-0.39, 0.29) is 18.2 Å². The number of Topliss-reactive ketones (excluding diaryl/α,β-unsaturated/α-hetero) is 1. The zero-order valence-electron chi connectivity index (χ0n) is 24.1. The number of nitrogens with zero attached hydrogens (tertiary/aromatic N) is 2. The molecule has 0 saturated carbocycles. The summed E-state index contributed by atoms with van der Waals surface area (Å²) in [7, 11) is -4.80. The Morgan fingerprint density at radius 2 is 1.79 bits per heavy atom. The van der Waals surface area contributed by atoms with E-state index in [1.54, 1.807) is 0 Å². The van der Waals surface area contributed by atoms with Crippen molar-refractivity contribution < 1.29 is 50.8 Å². The lowest BCUT2D eigenvalue weighted by Gasteiger charge is -2.35. The van der Waals surface area contributed by atoms with Crippen molar-refractivity contribution in [3.8, 4) is 0 Å². The predicted molar refractivity (Wildman–Crippen MR) is 142 cm³/mol. The molecule has 0 aromatic carbocycles. The van der Waals surface area contributed by atoms with Crippen molar-refractivity contribution in [2.75, 3.05) is 12.3 Å². The molecule has 0 spiro atoms. The van der Waals surface area contributed by atoms with Crippen molar-refractivity contribution >= 4 is 25.2 Å². The summed E-state index contributed by atoms with van der Waals surface area (Å²) in [6.07, 6.45) is -8.71. The molecule has 18 heteroatoms. The lowest BCUT2D eigenvalue weighted by molar-refractivity contribution is -0.241. The van der Waals surface area contributed by atoms with Gasteiger partial charge in [-0.1, -0.05) is 13.8 Å². The minimum Gasteiger partial charge on any atom is -0.462 e. The number of aliphatic hydroxyl groups is 1. The second-order valence-corrected chi connectivity index (χ2v) is 12.6. The van der Waals surface area contributed by atoms with Crippen LogP contribution in [0.5, 0.6) is 0 Å². The van der Waals surface area contributed by atoms with Gasteiger partial charge in [-0.15, -0.1) is 0 Å². The van der Waals surface area contributed by atoms with Crippen molar-refractivity contribution in [2.24, 2.45) is 5.92 Å². The number of hydrogen-bond donors (Lipinski definition) is 4. The Labute approximate surface area is 240 Å². The Morgan fingerprint density at radius 1 is 1.19 bits per heavy atom. The third-order valence-electron chi connectivity index (χ3n) is 6.36. The fourth-order valence-corrected chi connectivity index (χ4v) is 5.79. The Balaban J connectivity index is 2.43. The second kappa shape index (κ2) is 13.9. The minimum atomic E-state index is -4.80. The van der Waals surface area contributed by atoms with Gasteiger partial charge in [-0.25, -0.2) is 23.7 Å². The van der Waals surface area contributed by atoms with Crippen LogP contribution in [0.25, 0.3) is 0 Å². The highest BCUT2D eigenvalue weighted by molar-refractivity contribution is 7.54. The zero-order chi connectivity index (χ0) is 32.2. The molecule has 2 rings (SSSR count). The number of aliphatic hydroxyl groups excluding tert-OH is 1. The Bertz CT molecular complexity index is 1220. The van der Waals surface area contributed by atoms with Crippen LogP contribution in [-0.2, 0) is 28.2 Å². The van der Waals surface area contributed by atoms with Crippen LogP contribution in [0.2, 0.25) is 0 Å². The van der Waals surface area contributed by atoms with Crippen molar-refractivity contribution in [3.05, 3.63) is 22.7 Å². The van der Waals surface area contributed by atoms with Crippen molar-refractivity contribution in [1.29, 1.82) is 0 Å². The predicted octanol–water partition coefficient (Wildman–Crippen LogP) is 2.39. The molecule has 1 aromatic heterocycles. The van der Waals surface area contributed by atoms with Crippen LogP contribution in [0.1, 0.15) is 60.6 Å². The van der Waals surface area contributed by atoms with Gasteiger partial charge < -0.3 is 24.8 Å². The van der Waals surface area contributed by atoms with Gasteiger partial charge in [0.2, 0.25) is 5.60 Å². The molecule has 1 unspecified atom stereocenters. The molecule has 0 aliphatic carbocycles. The fourth-order valence-electron chi connectivity index (χ4n) is 3.92. The van der Waals surface area contributed by atoms with E-state index in [4.69, 9.17) is 19.7 Å². The summed E-state index contributed by atoms with van der Waals surface area (Å²) in [6, 6.07) is -1.67. The van der Waals surface area contributed by atoms with Crippen LogP contribution >= 0.6 is 7.67 Å². The highest BCUT2D eigenvalue weighted by Crippen LogP contribution is 2.53. The number of nitrogen functional groups attached to an aromatic ring is 1. The maximum absolute atomic E-state index is 15.4. The number of rotatable bonds is 15. The second-order valence-electron chi connectivity index (χ2n) is 10.7. The number of nitrogens with one attached hydrogen (secondary N) is 2. The van der Waals surface area contributed by atoms with Gasteiger partial charge in [-0.05, 0) is 46.1 Å². The van der Waals surface area contributed by atoms with Gasteiger partial charge in [0.1, 0.15) is 17.6 Å². The third-order valence-corrected chi connectivity index (χ3v) is 8.31. The average molecular weight is 632 g/mol. The van der Waals surface area contributed by atoms with E-state index >= 15 is 8.78 Å². The first-order chi connectivity index (χ1) is 19.3. The molecule has 240 valence electrons. The normalized spacial score (nSPS) is 25.0. The molecule has 1 aliphatic rings. The first kappa shape index (κ1) is 35.8. The molecule has 1 aliphatic heterocycles. The van der Waals surface area contributed by atoms with E-state index in [0.29, 0.717) is 11.0 Å². The lowest BCUT2D eigenvalue weighted by Crippen LogP contribution is -2.58. The number of aromatic nitrogens is 2. The molecule has 1 aromatic rings. The molecule has 5 N–H and O–H groups in total. The monoisotopic (exact) mass is 631 g/mol. The molecule has 6 atom stereocenters. The summed E-state index contributed by atoms with van der Waals surface area (Å²) >= 11 is 0. The molecule has 0 bridgehead atoms. The van der Waals surface area contributed by atoms with Gasteiger partial charge in [0.05, 0.1) is 18.8 Å². The van der Waals surface area contributed by atoms with Gasteiger partial charge in [0, 0.05) is 12.6 Å². The summed E-state index contributed by atoms with van der Waals surface area (Å²) in [5.74, 6) is -6.34. The third kappa shape index (κ3) is 8.14. The highest BCUT2D eigenvalue weighted by atomic mass is 31.2. The van der Waals surface area contributed by atoms with Gasteiger partial charge in [-0.3, -0.25) is 18.7 Å². The van der Waals surface area contributed by atoms with Gasteiger partial charge >= 0.3 is 25.3 Å². The minimum absolute atomic E-state index is 0.0389. The quantitative estimate of drug-likeness (QED) is 0.126. The lowest BCUT2D eigenvalue weighted by atomic mass is 9.95. The van der Waals surface area contributed by atoms with Crippen LogP contribution in [0.3, 0.4) is 0 Å². The van der Waals surface area contributed by atoms with E-state index < -0.39 is 80.2 Å². The number of nitrogens with two attached hydrogens (primary N) is 1. The highest BCUT2D eigenvalue weighted by Gasteiger charge is 2.74. The van der Waals surface area contributed by atoms with Gasteiger partial charge in [0.15, 0.2) is 12.3 Å². The van der Waals surface area contributed by atoms with Crippen LogP contribution in [0.15, 0.2) is 17.1 Å². The van der Waals surface area contributed by atoms with Gasteiger partial charge in [0.25, 0.3) is 6.43 Å². The number of halogens is 4. The number of esters is 1. The topological polar surface area (TPSA) is 184 Å². The number of alkyl halides is 4. The fraction of sp³-hybridized carbons (Fsp3) is 0.750. The molecule has 0 radical (unpaired) electrons. The molecular weight excluding hydrogens is 593 g/mol. The summed E-state index contributed by atoms with van der Waals surface area (Å²) in [6.45, 7) is 7.46.